The molecule has 0 aliphatic heterocycles. The van der Waals surface area contributed by atoms with Gasteiger partial charge in [0.1, 0.15) is 0 Å². The van der Waals surface area contributed by atoms with Crippen LogP contribution in [0.15, 0.2) is 66.7 Å². The zero-order chi connectivity index (χ0) is 16.9. The quantitative estimate of drug-likeness (QED) is 0.764. The van der Waals surface area contributed by atoms with E-state index >= 15 is 0 Å². The van der Waals surface area contributed by atoms with Crippen molar-refractivity contribution in [2.24, 2.45) is 0 Å². The van der Waals surface area contributed by atoms with Crippen LogP contribution in [0.5, 0.6) is 11.5 Å². The number of para-hydroxylation sites is 2. The highest BCUT2D eigenvalue weighted by molar-refractivity contribution is 6.03. The molecule has 0 saturated carbocycles. The molecule has 0 aliphatic rings. The SMILES string of the molecule is COc1ccccc1OC(C)C(=O)Nc1cccc2ccccc12. The van der Waals surface area contributed by atoms with Gasteiger partial charge < -0.3 is 14.8 Å². The predicted octanol–water partition coefficient (Wildman–Crippen LogP) is 4.25. The summed E-state index contributed by atoms with van der Waals surface area (Å²) in [7, 11) is 1.57. The summed E-state index contributed by atoms with van der Waals surface area (Å²) in [5.74, 6) is 0.931. The molecule has 1 N–H and O–H groups in total. The molecule has 24 heavy (non-hydrogen) atoms. The van der Waals surface area contributed by atoms with Gasteiger partial charge in [0.25, 0.3) is 5.91 Å². The summed E-state index contributed by atoms with van der Waals surface area (Å²) in [4.78, 5) is 12.5. The molecule has 0 fully saturated rings. The molecule has 0 radical (unpaired) electrons. The van der Waals surface area contributed by atoms with Gasteiger partial charge >= 0.3 is 0 Å². The number of fused-ring (bicyclic) bond motifs is 1. The van der Waals surface area contributed by atoms with E-state index in [9.17, 15) is 4.79 Å². The molecule has 122 valence electrons. The zero-order valence-electron chi connectivity index (χ0n) is 13.7. The Morgan fingerprint density at radius 2 is 1.58 bits per heavy atom. The Morgan fingerprint density at radius 3 is 2.38 bits per heavy atom. The molecule has 4 heteroatoms. The summed E-state index contributed by atoms with van der Waals surface area (Å²) in [5, 5.41) is 5.01. The van der Waals surface area contributed by atoms with E-state index in [2.05, 4.69) is 5.32 Å². The molecule has 1 atom stereocenters. The first-order chi connectivity index (χ1) is 11.7. The minimum Gasteiger partial charge on any atom is -0.493 e. The first-order valence-electron chi connectivity index (χ1n) is 7.77. The van der Waals surface area contributed by atoms with Crippen molar-refractivity contribution in [2.45, 2.75) is 13.0 Å². The lowest BCUT2D eigenvalue weighted by Gasteiger charge is -2.17. The Morgan fingerprint density at radius 1 is 0.917 bits per heavy atom. The Hall–Kier alpha value is -3.01. The molecule has 1 unspecified atom stereocenters. The topological polar surface area (TPSA) is 47.6 Å². The van der Waals surface area contributed by atoms with E-state index in [1.54, 1.807) is 26.2 Å². The highest BCUT2D eigenvalue weighted by Crippen LogP contribution is 2.27. The van der Waals surface area contributed by atoms with Gasteiger partial charge in [-0.15, -0.1) is 0 Å². The van der Waals surface area contributed by atoms with Gasteiger partial charge in [0.2, 0.25) is 0 Å². The second kappa shape index (κ2) is 7.04. The van der Waals surface area contributed by atoms with Gasteiger partial charge in [0, 0.05) is 11.1 Å². The molecule has 0 spiro atoms. The fraction of sp³-hybridized carbons (Fsp3) is 0.150. The van der Waals surface area contributed by atoms with Gasteiger partial charge in [-0.1, -0.05) is 48.5 Å². The summed E-state index contributed by atoms with van der Waals surface area (Å²) in [6, 6.07) is 21.0. The van der Waals surface area contributed by atoms with Crippen molar-refractivity contribution in [3.63, 3.8) is 0 Å². The van der Waals surface area contributed by atoms with Crippen LogP contribution >= 0.6 is 0 Å². The lowest BCUT2D eigenvalue weighted by molar-refractivity contribution is -0.122. The largest absolute Gasteiger partial charge is 0.493 e. The molecule has 1 amide bonds. The zero-order valence-corrected chi connectivity index (χ0v) is 13.7. The lowest BCUT2D eigenvalue weighted by Crippen LogP contribution is -2.30. The number of hydrogen-bond donors (Lipinski definition) is 1. The van der Waals surface area contributed by atoms with Gasteiger partial charge in [-0.2, -0.15) is 0 Å². The van der Waals surface area contributed by atoms with Crippen LogP contribution in [0.2, 0.25) is 0 Å². The number of ether oxygens (including phenoxy) is 2. The third kappa shape index (κ3) is 3.33. The van der Waals surface area contributed by atoms with Gasteiger partial charge in [0.15, 0.2) is 17.6 Å². The van der Waals surface area contributed by atoms with Crippen molar-refractivity contribution in [2.75, 3.05) is 12.4 Å². The molecule has 3 rings (SSSR count). The molecule has 3 aromatic rings. The molecule has 4 nitrogen and oxygen atoms in total. The molecular weight excluding hydrogens is 302 g/mol. The highest BCUT2D eigenvalue weighted by Gasteiger charge is 2.17. The average molecular weight is 321 g/mol. The van der Waals surface area contributed by atoms with Gasteiger partial charge in [0.05, 0.1) is 7.11 Å². The van der Waals surface area contributed by atoms with Crippen molar-refractivity contribution >= 4 is 22.4 Å². The Bertz CT molecular complexity index is 855. The number of rotatable bonds is 5. The van der Waals surface area contributed by atoms with E-state index < -0.39 is 6.10 Å². The molecule has 0 saturated heterocycles. The molecule has 0 aliphatic carbocycles. The summed E-state index contributed by atoms with van der Waals surface area (Å²) in [5.41, 5.74) is 0.772. The van der Waals surface area contributed by atoms with E-state index in [0.29, 0.717) is 11.5 Å². The Kier molecular flexibility index (Phi) is 4.66. The molecule has 3 aromatic carbocycles. The van der Waals surface area contributed by atoms with E-state index in [0.717, 1.165) is 16.5 Å². The smallest absolute Gasteiger partial charge is 0.265 e. The summed E-state index contributed by atoms with van der Waals surface area (Å²) < 4.78 is 11.0. The van der Waals surface area contributed by atoms with E-state index in [-0.39, 0.29) is 5.91 Å². The maximum atomic E-state index is 12.5. The van der Waals surface area contributed by atoms with Crippen LogP contribution in [0.25, 0.3) is 10.8 Å². The van der Waals surface area contributed by atoms with E-state index in [4.69, 9.17) is 9.47 Å². The first kappa shape index (κ1) is 15.9. The second-order valence-electron chi connectivity index (χ2n) is 5.43. The van der Waals surface area contributed by atoms with Crippen molar-refractivity contribution in [1.82, 2.24) is 0 Å². The molecule has 0 heterocycles. The number of anilines is 1. The van der Waals surface area contributed by atoms with Crippen LogP contribution in [0.3, 0.4) is 0 Å². The van der Waals surface area contributed by atoms with E-state index in [1.165, 1.54) is 0 Å². The number of carbonyl (C=O) groups is 1. The third-order valence-electron chi connectivity index (χ3n) is 3.79. The Labute approximate surface area is 141 Å². The van der Waals surface area contributed by atoms with Crippen molar-refractivity contribution in [1.29, 1.82) is 0 Å². The normalized spacial score (nSPS) is 11.8. The number of methoxy groups -OCH3 is 1. The van der Waals surface area contributed by atoms with Crippen molar-refractivity contribution < 1.29 is 14.3 Å². The molecule has 0 aromatic heterocycles. The van der Waals surface area contributed by atoms with Crippen molar-refractivity contribution in [3.8, 4) is 11.5 Å². The number of nitrogens with one attached hydrogen (secondary N) is 1. The summed E-state index contributed by atoms with van der Waals surface area (Å²) >= 11 is 0. The third-order valence-corrected chi connectivity index (χ3v) is 3.79. The van der Waals surface area contributed by atoms with Crippen molar-refractivity contribution in [3.05, 3.63) is 66.7 Å². The first-order valence-corrected chi connectivity index (χ1v) is 7.77. The van der Waals surface area contributed by atoms with E-state index in [1.807, 2.05) is 54.6 Å². The second-order valence-corrected chi connectivity index (χ2v) is 5.43. The maximum Gasteiger partial charge on any atom is 0.265 e. The van der Waals surface area contributed by atoms with Crippen LogP contribution in [-0.4, -0.2) is 19.1 Å². The lowest BCUT2D eigenvalue weighted by atomic mass is 10.1. The minimum atomic E-state index is -0.653. The van der Waals surface area contributed by atoms with Crippen LogP contribution < -0.4 is 14.8 Å². The highest BCUT2D eigenvalue weighted by atomic mass is 16.5. The fourth-order valence-electron chi connectivity index (χ4n) is 2.53. The summed E-state index contributed by atoms with van der Waals surface area (Å²) in [6.07, 6.45) is -0.653. The molecule has 0 bridgehead atoms. The van der Waals surface area contributed by atoms with Gasteiger partial charge in [-0.05, 0) is 30.5 Å². The van der Waals surface area contributed by atoms with Gasteiger partial charge in [-0.3, -0.25) is 4.79 Å². The van der Waals surface area contributed by atoms with Crippen LogP contribution in [0, 0.1) is 0 Å². The number of benzene rings is 3. The maximum absolute atomic E-state index is 12.5. The van der Waals surface area contributed by atoms with Gasteiger partial charge in [-0.25, -0.2) is 0 Å². The number of carbonyl (C=O) groups excluding carboxylic acids is 1. The average Bonchev–Trinajstić information content (AvgIpc) is 2.62. The van der Waals surface area contributed by atoms with Crippen LogP contribution in [0.4, 0.5) is 5.69 Å². The number of amides is 1. The predicted molar refractivity (Wildman–Crippen MR) is 95.7 cm³/mol. The molecular formula is C20H19NO3. The fourth-order valence-corrected chi connectivity index (χ4v) is 2.53. The minimum absolute atomic E-state index is 0.211. The number of hydrogen-bond acceptors (Lipinski definition) is 3. The summed E-state index contributed by atoms with van der Waals surface area (Å²) in [6.45, 7) is 1.72. The van der Waals surface area contributed by atoms with Crippen LogP contribution in [0.1, 0.15) is 6.92 Å². The Balaban J connectivity index is 1.76. The standard InChI is InChI=1S/C20H19NO3/c1-14(24-19-13-6-5-12-18(19)23-2)20(22)21-17-11-7-9-15-8-3-4-10-16(15)17/h3-14H,1-2H3,(H,21,22). The van der Waals surface area contributed by atoms with Crippen LogP contribution in [-0.2, 0) is 4.79 Å². The monoisotopic (exact) mass is 321 g/mol.